The Morgan fingerprint density at radius 3 is 2.24 bits per heavy atom. The van der Waals surface area contributed by atoms with Crippen molar-refractivity contribution in [3.05, 3.63) is 47.7 Å². The monoisotopic (exact) mass is 248 g/mol. The van der Waals surface area contributed by atoms with Gasteiger partial charge >= 0.3 is 0 Å². The summed E-state index contributed by atoms with van der Waals surface area (Å²) in [5.41, 5.74) is 14.1. The van der Waals surface area contributed by atoms with E-state index >= 15 is 0 Å². The van der Waals surface area contributed by atoms with E-state index < -0.39 is 10.3 Å². The molecule has 4 nitrogen and oxygen atoms in total. The molecule has 0 spiro atoms. The zero-order valence-corrected chi connectivity index (χ0v) is 9.87. The third kappa shape index (κ3) is 2.39. The molecule has 0 amide bonds. The summed E-state index contributed by atoms with van der Waals surface area (Å²) in [4.78, 5) is 0.235. The normalized spacial score (nSPS) is 15.2. The predicted octanol–water partition coefficient (Wildman–Crippen LogP) is 0.950. The van der Waals surface area contributed by atoms with Crippen molar-refractivity contribution in [1.82, 2.24) is 0 Å². The first-order chi connectivity index (χ1) is 8.08. The van der Waals surface area contributed by atoms with Crippen LogP contribution in [0.15, 0.2) is 42.1 Å². The molecule has 1 aromatic rings. The molecule has 0 saturated heterocycles. The van der Waals surface area contributed by atoms with Crippen LogP contribution in [-0.2, 0) is 10.3 Å². The lowest BCUT2D eigenvalue weighted by Crippen LogP contribution is -2.15. The molecule has 17 heavy (non-hydrogen) atoms. The van der Waals surface area contributed by atoms with Crippen molar-refractivity contribution in [1.29, 1.82) is 0 Å². The van der Waals surface area contributed by atoms with Crippen LogP contribution >= 0.6 is 0 Å². The Morgan fingerprint density at radius 1 is 1.00 bits per heavy atom. The van der Waals surface area contributed by atoms with E-state index in [-0.39, 0.29) is 4.86 Å². The molecule has 2 rings (SSSR count). The molecule has 0 saturated carbocycles. The van der Waals surface area contributed by atoms with Crippen LogP contribution in [0.3, 0.4) is 0 Å². The van der Waals surface area contributed by atoms with Gasteiger partial charge in [0.25, 0.3) is 0 Å². The van der Waals surface area contributed by atoms with Gasteiger partial charge in [0.05, 0.1) is 10.6 Å². The van der Waals surface area contributed by atoms with Crippen molar-refractivity contribution < 1.29 is 8.42 Å². The highest BCUT2D eigenvalue weighted by molar-refractivity contribution is 7.73. The number of hydrogen-bond acceptors (Lipinski definition) is 4. The van der Waals surface area contributed by atoms with Crippen LogP contribution in [0.1, 0.15) is 12.0 Å². The molecular formula is C12H12N2O2S. The summed E-state index contributed by atoms with van der Waals surface area (Å²) < 4.78 is 22.0. The van der Waals surface area contributed by atoms with Gasteiger partial charge in [-0.15, -0.1) is 0 Å². The number of anilines is 1. The van der Waals surface area contributed by atoms with Crippen molar-refractivity contribution in [2.45, 2.75) is 6.42 Å². The molecule has 5 heteroatoms. The van der Waals surface area contributed by atoms with Crippen molar-refractivity contribution in [3.8, 4) is 0 Å². The zero-order chi connectivity index (χ0) is 12.4. The summed E-state index contributed by atoms with van der Waals surface area (Å²) in [6.45, 7) is 0. The van der Waals surface area contributed by atoms with Crippen LogP contribution in [0.5, 0.6) is 0 Å². The smallest absolute Gasteiger partial charge is 0.219 e. The minimum atomic E-state index is -2.27. The van der Waals surface area contributed by atoms with E-state index in [1.165, 1.54) is 0 Å². The summed E-state index contributed by atoms with van der Waals surface area (Å²) in [5.74, 6) is 0. The number of hydrogen-bond donors (Lipinski definition) is 2. The molecule has 0 bridgehead atoms. The lowest BCUT2D eigenvalue weighted by molar-refractivity contribution is 0.627. The first kappa shape index (κ1) is 11.5. The summed E-state index contributed by atoms with van der Waals surface area (Å²) in [6, 6.07) is 7.29. The summed E-state index contributed by atoms with van der Waals surface area (Å²) in [7, 11) is -2.27. The van der Waals surface area contributed by atoms with Gasteiger partial charge in [-0.2, -0.15) is 8.42 Å². The van der Waals surface area contributed by atoms with Gasteiger partial charge in [-0.3, -0.25) is 0 Å². The Hall–Kier alpha value is -2.01. The zero-order valence-electron chi connectivity index (χ0n) is 9.05. The van der Waals surface area contributed by atoms with Gasteiger partial charge in [0, 0.05) is 12.1 Å². The molecule has 0 heterocycles. The van der Waals surface area contributed by atoms with Crippen molar-refractivity contribution in [3.63, 3.8) is 0 Å². The Labute approximate surface area is 101 Å². The first-order valence-electron chi connectivity index (χ1n) is 5.05. The standard InChI is InChI=1S/C12H12N2O2S/c13-10-4-1-8(2-5-10)9-3-6-11(14)12(7-9)17(15)16/h1-6H,7,13-14H2. The fraction of sp³-hybridized carbons (Fsp3) is 0.0833. The summed E-state index contributed by atoms with van der Waals surface area (Å²) >= 11 is 0. The SMILES string of the molecule is NC1=CC=C(c2ccc(N)cc2)CC1=S(=O)=O. The minimum Gasteiger partial charge on any atom is -0.399 e. The molecule has 0 atom stereocenters. The van der Waals surface area contributed by atoms with E-state index in [1.54, 1.807) is 18.2 Å². The second kappa shape index (κ2) is 4.47. The maximum absolute atomic E-state index is 11.0. The number of nitrogen functional groups attached to an aromatic ring is 1. The number of allylic oxidation sites excluding steroid dienone is 4. The molecule has 0 aliphatic heterocycles. The largest absolute Gasteiger partial charge is 0.399 e. The summed E-state index contributed by atoms with van der Waals surface area (Å²) in [6.07, 6.45) is 3.76. The molecule has 4 N–H and O–H groups in total. The number of rotatable bonds is 1. The minimum absolute atomic E-state index is 0.235. The van der Waals surface area contributed by atoms with Gasteiger partial charge in [0.1, 0.15) is 0 Å². The average molecular weight is 248 g/mol. The molecule has 0 aromatic heterocycles. The molecular weight excluding hydrogens is 236 g/mol. The highest BCUT2D eigenvalue weighted by Crippen LogP contribution is 2.24. The lowest BCUT2D eigenvalue weighted by Gasteiger charge is -2.12. The summed E-state index contributed by atoms with van der Waals surface area (Å²) in [5, 5.41) is 0. The van der Waals surface area contributed by atoms with Crippen LogP contribution in [0.2, 0.25) is 0 Å². The Balaban J connectivity index is 2.43. The van der Waals surface area contributed by atoms with E-state index in [1.807, 2.05) is 18.2 Å². The van der Waals surface area contributed by atoms with Gasteiger partial charge in [0.15, 0.2) is 0 Å². The quantitative estimate of drug-likeness (QED) is 0.572. The lowest BCUT2D eigenvalue weighted by atomic mass is 9.96. The third-order valence-electron chi connectivity index (χ3n) is 2.62. The van der Waals surface area contributed by atoms with Crippen LogP contribution in [0.4, 0.5) is 5.69 Å². The van der Waals surface area contributed by atoms with Crippen LogP contribution in [0, 0.1) is 0 Å². The number of nitrogens with two attached hydrogens (primary N) is 2. The van der Waals surface area contributed by atoms with Gasteiger partial charge in [-0.05, 0) is 29.3 Å². The molecule has 0 unspecified atom stereocenters. The number of benzene rings is 1. The Kier molecular flexibility index (Phi) is 3.01. The van der Waals surface area contributed by atoms with Gasteiger partial charge in [-0.1, -0.05) is 18.2 Å². The van der Waals surface area contributed by atoms with Crippen molar-refractivity contribution in [2.24, 2.45) is 5.73 Å². The van der Waals surface area contributed by atoms with E-state index in [0.29, 0.717) is 17.8 Å². The highest BCUT2D eigenvalue weighted by atomic mass is 32.2. The van der Waals surface area contributed by atoms with E-state index in [2.05, 4.69) is 0 Å². The predicted molar refractivity (Wildman–Crippen MR) is 69.6 cm³/mol. The Bertz CT molecular complexity index is 630. The van der Waals surface area contributed by atoms with E-state index in [0.717, 1.165) is 11.1 Å². The molecule has 1 aliphatic rings. The van der Waals surface area contributed by atoms with Crippen molar-refractivity contribution >= 4 is 26.4 Å². The highest BCUT2D eigenvalue weighted by Gasteiger charge is 2.14. The van der Waals surface area contributed by atoms with E-state index in [4.69, 9.17) is 11.5 Å². The van der Waals surface area contributed by atoms with Crippen LogP contribution < -0.4 is 11.5 Å². The van der Waals surface area contributed by atoms with Crippen molar-refractivity contribution in [2.75, 3.05) is 5.73 Å². The van der Waals surface area contributed by atoms with Gasteiger partial charge in [0.2, 0.25) is 10.3 Å². The molecule has 88 valence electrons. The molecule has 1 aliphatic carbocycles. The van der Waals surface area contributed by atoms with Gasteiger partial charge in [-0.25, -0.2) is 0 Å². The molecule has 1 aromatic carbocycles. The second-order valence-corrected chi connectivity index (χ2v) is 4.73. The average Bonchev–Trinajstić information content (AvgIpc) is 2.30. The third-order valence-corrected chi connectivity index (χ3v) is 3.40. The van der Waals surface area contributed by atoms with Crippen LogP contribution in [0.25, 0.3) is 5.57 Å². The van der Waals surface area contributed by atoms with Crippen LogP contribution in [-0.4, -0.2) is 13.3 Å². The molecule has 0 fully saturated rings. The second-order valence-electron chi connectivity index (χ2n) is 3.77. The maximum Gasteiger partial charge on any atom is 0.219 e. The molecule has 0 radical (unpaired) electrons. The maximum atomic E-state index is 11.0. The van der Waals surface area contributed by atoms with Gasteiger partial charge < -0.3 is 11.5 Å². The van der Waals surface area contributed by atoms with E-state index in [9.17, 15) is 8.42 Å². The Morgan fingerprint density at radius 2 is 1.65 bits per heavy atom. The first-order valence-corrected chi connectivity index (χ1v) is 6.13. The fourth-order valence-electron chi connectivity index (χ4n) is 1.67. The topological polar surface area (TPSA) is 86.2 Å². The fourth-order valence-corrected chi connectivity index (χ4v) is 2.20.